The summed E-state index contributed by atoms with van der Waals surface area (Å²) < 4.78 is 13.1. The second-order valence-electron chi connectivity index (χ2n) is 11.0. The van der Waals surface area contributed by atoms with Gasteiger partial charge in [0.15, 0.2) is 0 Å². The number of rotatable bonds is 8. The number of benzene rings is 5. The number of ether oxygens (including phenoxy) is 2. The molecule has 6 heteroatoms. The Bertz CT molecular complexity index is 1660. The van der Waals surface area contributed by atoms with Crippen LogP contribution in [-0.2, 0) is 13.5 Å². The van der Waals surface area contributed by atoms with Crippen molar-refractivity contribution >= 4 is 52.9 Å². The molecular weight excluding hydrogens is 703 g/mol. The fourth-order valence-electron chi connectivity index (χ4n) is 5.14. The van der Waals surface area contributed by atoms with Gasteiger partial charge in [0.2, 0.25) is 0 Å². The van der Waals surface area contributed by atoms with Crippen LogP contribution in [0.5, 0.6) is 11.5 Å². The standard InChI is InChI=1S/C21H22O2.C18H15P.2ClH.Ru/c1-14(2)22-17-12-20-18(16-8-6-5-7-9-16)10-11-19(20)21(13-17)23-15(3)4;1-4-10-16(11-5-1)19(17-12-6-2-7-13-17)18-14-8-3-9-15-18;;;/h5-10,12-15H,1-4H3;1-15H;2*1H;/q;;;;+2/p-2. The molecule has 45 heavy (non-hydrogen) atoms. The molecule has 0 saturated carbocycles. The molecule has 0 bridgehead atoms. The Kier molecular flexibility index (Phi) is 11.8. The maximum atomic E-state index is 6.44. The van der Waals surface area contributed by atoms with Crippen molar-refractivity contribution in [1.29, 1.82) is 0 Å². The number of fused-ring (bicyclic) bond motifs is 1. The average Bonchev–Trinajstić information content (AvgIpc) is 3.43. The van der Waals surface area contributed by atoms with E-state index in [1.54, 1.807) is 0 Å². The monoisotopic (exact) mass is 740 g/mol. The second-order valence-corrected chi connectivity index (χ2v) is 19.0. The molecule has 0 atom stereocenters. The van der Waals surface area contributed by atoms with E-state index in [2.05, 4.69) is 115 Å². The molecule has 0 heterocycles. The first-order valence-electron chi connectivity index (χ1n) is 14.9. The Morgan fingerprint density at radius 1 is 0.578 bits per heavy atom. The van der Waals surface area contributed by atoms with Crippen molar-refractivity contribution < 1.29 is 23.0 Å². The Morgan fingerprint density at radius 3 is 1.44 bits per heavy atom. The van der Waals surface area contributed by atoms with Crippen LogP contribution in [0.3, 0.4) is 0 Å². The summed E-state index contributed by atoms with van der Waals surface area (Å²) in [4.78, 5) is 0. The SMILES string of the molecule is CC(C)Oc1cc(OC(C)C)c2c(c1)C(c1ccccc1)=C[C]2=[Ru]([Cl])[Cl].c1ccc(P(c2ccccc2)c2ccccc2)cc1. The second kappa shape index (κ2) is 16.0. The third-order valence-corrected chi connectivity index (χ3v) is 12.4. The topological polar surface area (TPSA) is 18.5 Å². The molecule has 0 N–H and O–H groups in total. The van der Waals surface area contributed by atoms with Gasteiger partial charge in [-0.3, -0.25) is 0 Å². The third-order valence-electron chi connectivity index (χ3n) is 6.87. The van der Waals surface area contributed by atoms with Crippen molar-refractivity contribution in [2.75, 3.05) is 0 Å². The van der Waals surface area contributed by atoms with Crippen LogP contribution in [0.2, 0.25) is 0 Å². The Morgan fingerprint density at radius 2 is 1.02 bits per heavy atom. The van der Waals surface area contributed by atoms with E-state index in [1.165, 1.54) is 15.9 Å². The summed E-state index contributed by atoms with van der Waals surface area (Å²) in [5, 5.41) is 4.19. The molecule has 6 rings (SSSR count). The van der Waals surface area contributed by atoms with Gasteiger partial charge in [-0.15, -0.1) is 0 Å². The van der Waals surface area contributed by atoms with Gasteiger partial charge >= 0.3 is 169 Å². The van der Waals surface area contributed by atoms with Gasteiger partial charge < -0.3 is 0 Å². The molecular formula is C39H37Cl2O2PRu. The summed E-state index contributed by atoms with van der Waals surface area (Å²) in [6, 6.07) is 46.6. The van der Waals surface area contributed by atoms with E-state index in [-0.39, 0.29) is 12.2 Å². The summed E-state index contributed by atoms with van der Waals surface area (Å²) in [6.45, 7) is 8.06. The van der Waals surface area contributed by atoms with Gasteiger partial charge in [-0.25, -0.2) is 0 Å². The normalized spacial score (nSPS) is 12.4. The largest absolute Gasteiger partial charge is 0.0622 e. The predicted octanol–water partition coefficient (Wildman–Crippen LogP) is 9.60. The molecule has 5 aromatic carbocycles. The molecule has 0 amide bonds. The fraction of sp³-hybridized carbons (Fsp3) is 0.154. The Hall–Kier alpha value is -3.06. The molecule has 1 aliphatic carbocycles. The fourth-order valence-corrected chi connectivity index (χ4v) is 9.91. The van der Waals surface area contributed by atoms with Crippen LogP contribution in [0, 0.1) is 0 Å². The van der Waals surface area contributed by atoms with Gasteiger partial charge in [0.05, 0.1) is 0 Å². The zero-order valence-corrected chi connectivity index (χ0v) is 30.0. The molecule has 5 aromatic rings. The van der Waals surface area contributed by atoms with Crippen LogP contribution in [0.1, 0.15) is 44.4 Å². The predicted molar refractivity (Wildman–Crippen MR) is 192 cm³/mol. The molecule has 2 nitrogen and oxygen atoms in total. The van der Waals surface area contributed by atoms with Crippen LogP contribution >= 0.6 is 27.3 Å². The Labute approximate surface area is 281 Å². The van der Waals surface area contributed by atoms with Gasteiger partial charge in [0.25, 0.3) is 0 Å². The summed E-state index contributed by atoms with van der Waals surface area (Å²) in [7, 11) is 12.4. The van der Waals surface area contributed by atoms with E-state index in [0.29, 0.717) is 0 Å². The van der Waals surface area contributed by atoms with E-state index in [1.807, 2.05) is 52.0 Å². The van der Waals surface area contributed by atoms with Crippen LogP contribution in [0.25, 0.3) is 5.57 Å². The average molecular weight is 741 g/mol. The minimum atomic E-state index is -2.12. The van der Waals surface area contributed by atoms with Crippen molar-refractivity contribution in [2.45, 2.75) is 39.9 Å². The molecule has 0 fully saturated rings. The minimum absolute atomic E-state index is 0.0433. The van der Waals surface area contributed by atoms with E-state index in [4.69, 9.17) is 28.9 Å². The molecule has 0 aromatic heterocycles. The minimum Gasteiger partial charge on any atom is -0.0622 e. The van der Waals surface area contributed by atoms with Crippen molar-refractivity contribution in [2.24, 2.45) is 0 Å². The van der Waals surface area contributed by atoms with Gasteiger partial charge in [0.1, 0.15) is 0 Å². The van der Waals surface area contributed by atoms with Crippen molar-refractivity contribution in [3.8, 4) is 11.5 Å². The van der Waals surface area contributed by atoms with E-state index in [0.717, 1.165) is 37.9 Å². The number of halogens is 2. The quantitative estimate of drug-likeness (QED) is 0.117. The third kappa shape index (κ3) is 8.61. The van der Waals surface area contributed by atoms with Gasteiger partial charge in [0, 0.05) is 0 Å². The summed E-state index contributed by atoms with van der Waals surface area (Å²) >= 11 is -2.12. The zero-order valence-electron chi connectivity index (χ0n) is 25.8. The van der Waals surface area contributed by atoms with Gasteiger partial charge in [-0.1, -0.05) is 91.0 Å². The molecule has 0 unspecified atom stereocenters. The van der Waals surface area contributed by atoms with Crippen molar-refractivity contribution in [3.05, 3.63) is 156 Å². The zero-order chi connectivity index (χ0) is 31.8. The summed E-state index contributed by atoms with van der Waals surface area (Å²) in [5.74, 6) is 1.57. The molecule has 0 saturated heterocycles. The maximum Gasteiger partial charge on any atom is -0.0134 e. The first kappa shape index (κ1) is 33.3. The van der Waals surface area contributed by atoms with Gasteiger partial charge in [-0.2, -0.15) is 0 Å². The molecule has 1 aliphatic rings. The first-order valence-corrected chi connectivity index (χ1v) is 21.6. The summed E-state index contributed by atoms with van der Waals surface area (Å²) in [6.07, 6.45) is 2.24. The van der Waals surface area contributed by atoms with Crippen LogP contribution < -0.4 is 25.4 Å². The van der Waals surface area contributed by atoms with Crippen molar-refractivity contribution in [3.63, 3.8) is 0 Å². The molecule has 232 valence electrons. The first-order chi connectivity index (χ1) is 21.8. The van der Waals surface area contributed by atoms with E-state index >= 15 is 0 Å². The molecule has 0 spiro atoms. The van der Waals surface area contributed by atoms with Gasteiger partial charge in [-0.05, 0) is 23.8 Å². The van der Waals surface area contributed by atoms with E-state index < -0.39 is 21.4 Å². The molecule has 0 radical (unpaired) electrons. The number of hydrogen-bond acceptors (Lipinski definition) is 2. The van der Waals surface area contributed by atoms with Crippen LogP contribution in [0.15, 0.2) is 140 Å². The van der Waals surface area contributed by atoms with E-state index in [9.17, 15) is 0 Å². The maximum absolute atomic E-state index is 6.44. The van der Waals surface area contributed by atoms with Crippen LogP contribution in [-0.4, -0.2) is 16.3 Å². The molecule has 0 aliphatic heterocycles. The number of hydrogen-bond donors (Lipinski definition) is 0. The smallest absolute Gasteiger partial charge is 0.0134 e. The van der Waals surface area contributed by atoms with Crippen LogP contribution in [0.4, 0.5) is 0 Å². The Balaban J connectivity index is 0.000000186. The van der Waals surface area contributed by atoms with Crippen molar-refractivity contribution in [1.82, 2.24) is 0 Å². The summed E-state index contributed by atoms with van der Waals surface area (Å²) in [5.41, 5.74) is 4.32. The number of allylic oxidation sites excluding steroid dienone is 1.